The van der Waals surface area contributed by atoms with Gasteiger partial charge in [0.25, 0.3) is 0 Å². The zero-order valence-corrected chi connectivity index (χ0v) is 9.91. The van der Waals surface area contributed by atoms with Crippen molar-refractivity contribution in [3.63, 3.8) is 0 Å². The molecule has 2 aromatic heterocycles. The van der Waals surface area contributed by atoms with Crippen LogP contribution in [0.1, 0.15) is 29.3 Å². The molecule has 0 amide bonds. The molecule has 0 radical (unpaired) electrons. The van der Waals surface area contributed by atoms with Gasteiger partial charge in [-0.1, -0.05) is 5.21 Å². The summed E-state index contributed by atoms with van der Waals surface area (Å²) in [5, 5.41) is 16.7. The minimum absolute atomic E-state index is 0.142. The average Bonchev–Trinajstić information content (AvgIpc) is 2.92. The molecule has 0 bridgehead atoms. The van der Waals surface area contributed by atoms with Crippen molar-refractivity contribution >= 4 is 11.7 Å². The normalized spacial score (nSPS) is 11.9. The molecule has 0 fully saturated rings. The predicted molar refractivity (Wildman–Crippen MR) is 61.8 cm³/mol. The summed E-state index contributed by atoms with van der Waals surface area (Å²) in [6.07, 6.45) is 1.53. The highest BCUT2D eigenvalue weighted by Gasteiger charge is 2.12. The van der Waals surface area contributed by atoms with E-state index in [0.717, 1.165) is 5.69 Å². The zero-order valence-electron chi connectivity index (χ0n) is 9.91. The van der Waals surface area contributed by atoms with Crippen molar-refractivity contribution in [3.8, 4) is 0 Å². The molecule has 0 spiro atoms. The molecule has 0 aromatic carbocycles. The number of nitrogens with one attached hydrogen (secondary N) is 2. The van der Waals surface area contributed by atoms with Crippen molar-refractivity contribution in [2.75, 3.05) is 12.4 Å². The van der Waals surface area contributed by atoms with E-state index in [1.807, 2.05) is 6.92 Å². The summed E-state index contributed by atoms with van der Waals surface area (Å²) in [4.78, 5) is 15.2. The molecule has 0 saturated carbocycles. The van der Waals surface area contributed by atoms with E-state index in [9.17, 15) is 4.79 Å². The number of aromatic amines is 1. The number of carbonyl (C=O) groups excluding carboxylic acids is 1. The van der Waals surface area contributed by atoms with Crippen LogP contribution in [0.2, 0.25) is 0 Å². The van der Waals surface area contributed by atoms with Gasteiger partial charge < -0.3 is 10.1 Å². The quantitative estimate of drug-likeness (QED) is 0.761. The summed E-state index contributed by atoms with van der Waals surface area (Å²) in [7, 11) is 1.31. The number of methoxy groups -OCH3 is 1. The van der Waals surface area contributed by atoms with E-state index in [4.69, 9.17) is 0 Å². The van der Waals surface area contributed by atoms with Gasteiger partial charge in [0.1, 0.15) is 5.69 Å². The van der Waals surface area contributed by atoms with Gasteiger partial charge in [-0.15, -0.1) is 10.2 Å². The lowest BCUT2D eigenvalue weighted by Crippen LogP contribution is -2.10. The fourth-order valence-electron chi connectivity index (χ4n) is 1.40. The van der Waals surface area contributed by atoms with Crippen molar-refractivity contribution in [2.45, 2.75) is 13.0 Å². The second-order valence-corrected chi connectivity index (χ2v) is 3.56. The standard InChI is InChI=1S/C10H12N6O2/c1-6(9-13-15-16-14-9)12-7-3-4-11-8(5-7)10(17)18-2/h3-6H,1-2H3,(H,11,12)(H,13,14,15,16). The lowest BCUT2D eigenvalue weighted by Gasteiger charge is -2.11. The van der Waals surface area contributed by atoms with Crippen LogP contribution in [0.25, 0.3) is 0 Å². The highest BCUT2D eigenvalue weighted by atomic mass is 16.5. The molecule has 94 valence electrons. The van der Waals surface area contributed by atoms with Gasteiger partial charge in [0.15, 0.2) is 5.82 Å². The van der Waals surface area contributed by atoms with E-state index >= 15 is 0 Å². The van der Waals surface area contributed by atoms with Crippen LogP contribution >= 0.6 is 0 Å². The van der Waals surface area contributed by atoms with Gasteiger partial charge in [-0.2, -0.15) is 5.21 Å². The minimum Gasteiger partial charge on any atom is -0.464 e. The van der Waals surface area contributed by atoms with Crippen LogP contribution in [0.15, 0.2) is 18.3 Å². The molecule has 0 aliphatic rings. The zero-order chi connectivity index (χ0) is 13.0. The van der Waals surface area contributed by atoms with E-state index < -0.39 is 5.97 Å². The van der Waals surface area contributed by atoms with Crippen LogP contribution in [0.3, 0.4) is 0 Å². The van der Waals surface area contributed by atoms with Gasteiger partial charge in [0.2, 0.25) is 0 Å². The predicted octanol–water partition coefficient (Wildman–Crippen LogP) is 0.554. The van der Waals surface area contributed by atoms with Gasteiger partial charge in [-0.25, -0.2) is 9.78 Å². The number of aromatic nitrogens is 5. The largest absolute Gasteiger partial charge is 0.464 e. The fraction of sp³-hybridized carbons (Fsp3) is 0.300. The number of rotatable bonds is 4. The Bertz CT molecular complexity index is 527. The number of hydrogen-bond donors (Lipinski definition) is 2. The molecule has 0 saturated heterocycles. The number of anilines is 1. The average molecular weight is 248 g/mol. The third-order valence-electron chi connectivity index (χ3n) is 2.29. The van der Waals surface area contributed by atoms with Gasteiger partial charge in [-0.3, -0.25) is 0 Å². The van der Waals surface area contributed by atoms with Gasteiger partial charge in [0.05, 0.1) is 13.2 Å². The van der Waals surface area contributed by atoms with Gasteiger partial charge in [-0.05, 0) is 19.1 Å². The maximum Gasteiger partial charge on any atom is 0.356 e. The van der Waals surface area contributed by atoms with Crippen LogP contribution in [-0.2, 0) is 4.74 Å². The van der Waals surface area contributed by atoms with Gasteiger partial charge >= 0.3 is 5.97 Å². The Labute approximate surface area is 103 Å². The van der Waals surface area contributed by atoms with Crippen LogP contribution in [-0.4, -0.2) is 38.7 Å². The summed E-state index contributed by atoms with van der Waals surface area (Å²) in [6.45, 7) is 1.88. The van der Waals surface area contributed by atoms with E-state index in [1.165, 1.54) is 13.3 Å². The molecule has 2 heterocycles. The first-order chi connectivity index (χ1) is 8.70. The summed E-state index contributed by atoms with van der Waals surface area (Å²) in [6, 6.07) is 3.20. The Morgan fingerprint density at radius 3 is 3.06 bits per heavy atom. The Hall–Kier alpha value is -2.51. The molecule has 0 aliphatic heterocycles. The summed E-state index contributed by atoms with van der Waals surface area (Å²) in [5.74, 6) is 0.0531. The number of carbonyl (C=O) groups is 1. The van der Waals surface area contributed by atoms with E-state index in [1.54, 1.807) is 12.1 Å². The number of tetrazole rings is 1. The summed E-state index contributed by atoms with van der Waals surface area (Å²) < 4.78 is 4.60. The number of hydrogen-bond acceptors (Lipinski definition) is 7. The molecular weight excluding hydrogens is 236 g/mol. The second kappa shape index (κ2) is 5.21. The Morgan fingerprint density at radius 2 is 2.39 bits per heavy atom. The molecule has 1 unspecified atom stereocenters. The van der Waals surface area contributed by atoms with Crippen molar-refractivity contribution in [1.29, 1.82) is 0 Å². The highest BCUT2D eigenvalue weighted by molar-refractivity contribution is 5.88. The van der Waals surface area contributed by atoms with Crippen LogP contribution < -0.4 is 5.32 Å². The first-order valence-electron chi connectivity index (χ1n) is 5.25. The van der Waals surface area contributed by atoms with Crippen molar-refractivity contribution in [2.24, 2.45) is 0 Å². The number of esters is 1. The van der Waals surface area contributed by atoms with Gasteiger partial charge in [0, 0.05) is 11.9 Å². The minimum atomic E-state index is -0.481. The first kappa shape index (κ1) is 12.0. The van der Waals surface area contributed by atoms with Crippen molar-refractivity contribution in [1.82, 2.24) is 25.6 Å². The molecule has 2 N–H and O–H groups in total. The third-order valence-corrected chi connectivity index (χ3v) is 2.29. The van der Waals surface area contributed by atoms with Crippen molar-refractivity contribution in [3.05, 3.63) is 29.8 Å². The SMILES string of the molecule is COC(=O)c1cc(NC(C)c2nn[nH]n2)ccn1. The number of H-pyrrole nitrogens is 1. The molecular formula is C10H12N6O2. The smallest absolute Gasteiger partial charge is 0.356 e. The third kappa shape index (κ3) is 2.59. The lowest BCUT2D eigenvalue weighted by atomic mass is 10.2. The Kier molecular flexibility index (Phi) is 3.46. The topological polar surface area (TPSA) is 106 Å². The summed E-state index contributed by atoms with van der Waals surface area (Å²) >= 11 is 0. The molecule has 8 nitrogen and oxygen atoms in total. The van der Waals surface area contributed by atoms with E-state index in [2.05, 4.69) is 35.7 Å². The van der Waals surface area contributed by atoms with Crippen LogP contribution in [0.4, 0.5) is 5.69 Å². The molecule has 1 atom stereocenters. The molecule has 0 aliphatic carbocycles. The van der Waals surface area contributed by atoms with Crippen LogP contribution in [0, 0.1) is 0 Å². The number of nitrogens with zero attached hydrogens (tertiary/aromatic N) is 4. The Balaban J connectivity index is 2.12. The number of pyridine rings is 1. The van der Waals surface area contributed by atoms with Crippen LogP contribution in [0.5, 0.6) is 0 Å². The first-order valence-corrected chi connectivity index (χ1v) is 5.25. The maximum absolute atomic E-state index is 11.3. The molecule has 2 aromatic rings. The number of ether oxygens (including phenoxy) is 1. The molecule has 18 heavy (non-hydrogen) atoms. The lowest BCUT2D eigenvalue weighted by molar-refractivity contribution is 0.0594. The monoisotopic (exact) mass is 248 g/mol. The van der Waals surface area contributed by atoms with E-state index in [0.29, 0.717) is 5.82 Å². The highest BCUT2D eigenvalue weighted by Crippen LogP contribution is 2.16. The molecule has 8 heteroatoms. The Morgan fingerprint density at radius 1 is 1.56 bits per heavy atom. The fourth-order valence-corrected chi connectivity index (χ4v) is 1.40. The molecule has 2 rings (SSSR count). The summed E-state index contributed by atoms with van der Waals surface area (Å²) in [5.41, 5.74) is 0.963. The van der Waals surface area contributed by atoms with Crippen molar-refractivity contribution < 1.29 is 9.53 Å². The van der Waals surface area contributed by atoms with E-state index in [-0.39, 0.29) is 11.7 Å². The maximum atomic E-state index is 11.3. The second-order valence-electron chi connectivity index (χ2n) is 3.56.